The van der Waals surface area contributed by atoms with Crippen LogP contribution in [0, 0.1) is 17.0 Å². The van der Waals surface area contributed by atoms with Gasteiger partial charge in [0, 0.05) is 31.8 Å². The number of nitro benzene ring substituents is 1. The number of methoxy groups -OCH3 is 1. The van der Waals surface area contributed by atoms with Crippen LogP contribution in [0.15, 0.2) is 42.5 Å². The monoisotopic (exact) mass is 424 g/mol. The summed E-state index contributed by atoms with van der Waals surface area (Å²) in [4.78, 5) is 37.0. The van der Waals surface area contributed by atoms with Gasteiger partial charge in [-0.25, -0.2) is 4.68 Å². The normalized spacial score (nSPS) is 10.5. The van der Waals surface area contributed by atoms with Crippen LogP contribution in [0.4, 0.5) is 11.4 Å². The highest BCUT2D eigenvalue weighted by Gasteiger charge is 2.21. The van der Waals surface area contributed by atoms with Gasteiger partial charge < -0.3 is 15.0 Å². The molecule has 0 saturated heterocycles. The molecule has 0 atom stereocenters. The zero-order valence-corrected chi connectivity index (χ0v) is 17.3. The Morgan fingerprint density at radius 1 is 1.19 bits per heavy atom. The van der Waals surface area contributed by atoms with Crippen molar-refractivity contribution >= 4 is 23.2 Å². The first kappa shape index (κ1) is 21.4. The first-order chi connectivity index (χ1) is 14.7. The summed E-state index contributed by atoms with van der Waals surface area (Å²) in [5.74, 6) is -0.430. The number of nitrogens with zero attached hydrogens (tertiary/aromatic N) is 5. The molecule has 2 amide bonds. The maximum absolute atomic E-state index is 12.9. The zero-order valence-electron chi connectivity index (χ0n) is 17.3. The summed E-state index contributed by atoms with van der Waals surface area (Å²) in [6.45, 7) is 1.62. The molecule has 11 heteroatoms. The second kappa shape index (κ2) is 8.61. The minimum absolute atomic E-state index is 0.0258. The van der Waals surface area contributed by atoms with Crippen LogP contribution < -0.4 is 10.1 Å². The topological polar surface area (TPSA) is 132 Å². The van der Waals surface area contributed by atoms with Gasteiger partial charge in [0.1, 0.15) is 5.75 Å². The van der Waals surface area contributed by atoms with Gasteiger partial charge in [-0.2, -0.15) is 0 Å². The molecular weight excluding hydrogens is 404 g/mol. The molecule has 1 heterocycles. The van der Waals surface area contributed by atoms with Gasteiger partial charge in [-0.05, 0) is 31.2 Å². The van der Waals surface area contributed by atoms with Crippen LogP contribution in [-0.2, 0) is 0 Å². The number of amides is 2. The molecule has 1 N–H and O–H groups in total. The molecule has 0 spiro atoms. The fourth-order valence-corrected chi connectivity index (χ4v) is 2.90. The number of carbonyl (C=O) groups is 2. The average Bonchev–Trinajstić information content (AvgIpc) is 3.14. The number of rotatable bonds is 6. The fourth-order valence-electron chi connectivity index (χ4n) is 2.90. The van der Waals surface area contributed by atoms with Crippen LogP contribution >= 0.6 is 0 Å². The van der Waals surface area contributed by atoms with E-state index in [2.05, 4.69) is 15.6 Å². The third-order valence-corrected chi connectivity index (χ3v) is 4.50. The summed E-state index contributed by atoms with van der Waals surface area (Å²) in [5.41, 5.74) is 1.37. The maximum atomic E-state index is 12.9. The van der Waals surface area contributed by atoms with Gasteiger partial charge in [0.2, 0.25) is 0 Å². The summed E-state index contributed by atoms with van der Waals surface area (Å²) in [7, 11) is 4.70. The van der Waals surface area contributed by atoms with Crippen LogP contribution in [0.5, 0.6) is 5.75 Å². The smallest absolute Gasteiger partial charge is 0.278 e. The second-order valence-electron chi connectivity index (χ2n) is 6.78. The molecule has 0 fully saturated rings. The first-order valence-electron chi connectivity index (χ1n) is 9.11. The van der Waals surface area contributed by atoms with Crippen molar-refractivity contribution in [2.24, 2.45) is 0 Å². The molecule has 1 aromatic heterocycles. The Morgan fingerprint density at radius 3 is 2.58 bits per heavy atom. The number of nitro groups is 1. The Bertz CT molecular complexity index is 1170. The lowest BCUT2D eigenvalue weighted by molar-refractivity contribution is -0.384. The minimum atomic E-state index is -0.568. The predicted molar refractivity (Wildman–Crippen MR) is 112 cm³/mol. The van der Waals surface area contributed by atoms with Crippen LogP contribution in [0.1, 0.15) is 26.5 Å². The molecule has 0 radical (unpaired) electrons. The summed E-state index contributed by atoms with van der Waals surface area (Å²) < 4.78 is 6.61. The Kier molecular flexibility index (Phi) is 5.95. The number of benzene rings is 2. The molecule has 0 saturated carbocycles. The Labute approximate surface area is 177 Å². The van der Waals surface area contributed by atoms with E-state index in [1.807, 2.05) is 0 Å². The molecule has 160 valence electrons. The lowest BCUT2D eigenvalue weighted by Gasteiger charge is -2.14. The van der Waals surface area contributed by atoms with E-state index in [0.29, 0.717) is 28.4 Å². The highest BCUT2D eigenvalue weighted by molar-refractivity contribution is 6.05. The molecule has 0 aliphatic rings. The summed E-state index contributed by atoms with van der Waals surface area (Å²) in [6.07, 6.45) is 0. The molecule has 0 bridgehead atoms. The van der Waals surface area contributed by atoms with Gasteiger partial charge in [-0.3, -0.25) is 19.7 Å². The maximum Gasteiger partial charge on any atom is 0.278 e. The molecule has 0 aliphatic carbocycles. The number of hydrogen-bond donors (Lipinski definition) is 1. The molecular formula is C20H20N6O5. The highest BCUT2D eigenvalue weighted by Crippen LogP contribution is 2.27. The first-order valence-corrected chi connectivity index (χ1v) is 9.11. The number of nitrogens with one attached hydrogen (secondary N) is 1. The summed E-state index contributed by atoms with van der Waals surface area (Å²) in [6, 6.07) is 10.5. The summed E-state index contributed by atoms with van der Waals surface area (Å²) >= 11 is 0. The quantitative estimate of drug-likeness (QED) is 0.475. The van der Waals surface area contributed by atoms with Gasteiger partial charge in [-0.1, -0.05) is 11.3 Å². The average molecular weight is 424 g/mol. The van der Waals surface area contributed by atoms with E-state index in [4.69, 9.17) is 4.74 Å². The molecule has 0 aliphatic heterocycles. The van der Waals surface area contributed by atoms with Crippen LogP contribution in [-0.4, -0.2) is 57.8 Å². The molecule has 0 unspecified atom stereocenters. The number of anilines is 1. The number of ether oxygens (including phenoxy) is 1. The number of non-ortho nitro benzene ring substituents is 1. The molecule has 2 aromatic carbocycles. The zero-order chi connectivity index (χ0) is 22.7. The van der Waals surface area contributed by atoms with Crippen LogP contribution in [0.3, 0.4) is 0 Å². The van der Waals surface area contributed by atoms with Gasteiger partial charge in [0.05, 0.1) is 29.1 Å². The van der Waals surface area contributed by atoms with Gasteiger partial charge in [0.15, 0.2) is 5.69 Å². The van der Waals surface area contributed by atoms with Crippen molar-refractivity contribution in [1.82, 2.24) is 19.9 Å². The Morgan fingerprint density at radius 2 is 1.94 bits per heavy atom. The predicted octanol–water partition coefficient (Wildman–Crippen LogP) is 2.45. The minimum Gasteiger partial charge on any atom is -0.495 e. The SMILES string of the molecule is COc1ccc(C(=O)N(C)C)cc1NC(=O)c1nnn(-c2cccc([N+](=O)[O-])c2)c1C. The standard InChI is InChI=1S/C20H20N6O5/c1-12-18(22-23-25(12)14-6-5-7-15(11-14)26(29)30)19(27)21-16-10-13(20(28)24(2)3)8-9-17(16)31-4/h5-11H,1-4H3,(H,21,27). The summed E-state index contributed by atoms with van der Waals surface area (Å²) in [5, 5.41) is 21.6. The van der Waals surface area contributed by atoms with Crippen LogP contribution in [0.2, 0.25) is 0 Å². The Balaban J connectivity index is 1.92. The van der Waals surface area contributed by atoms with Crippen molar-refractivity contribution in [3.05, 3.63) is 69.5 Å². The molecule has 3 rings (SSSR count). The molecule has 3 aromatic rings. The van der Waals surface area contributed by atoms with Crippen molar-refractivity contribution < 1.29 is 19.2 Å². The van der Waals surface area contributed by atoms with Gasteiger partial charge in [0.25, 0.3) is 17.5 Å². The van der Waals surface area contributed by atoms with Crippen molar-refractivity contribution in [1.29, 1.82) is 0 Å². The van der Waals surface area contributed by atoms with Gasteiger partial charge >= 0.3 is 0 Å². The van der Waals surface area contributed by atoms with E-state index in [9.17, 15) is 19.7 Å². The van der Waals surface area contributed by atoms with E-state index >= 15 is 0 Å². The van der Waals surface area contributed by atoms with Crippen molar-refractivity contribution in [3.63, 3.8) is 0 Å². The molecule has 31 heavy (non-hydrogen) atoms. The van der Waals surface area contributed by atoms with E-state index in [0.717, 1.165) is 0 Å². The number of hydrogen-bond acceptors (Lipinski definition) is 7. The Hall–Kier alpha value is -4.28. The largest absolute Gasteiger partial charge is 0.495 e. The van der Waals surface area contributed by atoms with E-state index in [-0.39, 0.29) is 17.3 Å². The van der Waals surface area contributed by atoms with E-state index in [1.54, 1.807) is 39.2 Å². The van der Waals surface area contributed by atoms with E-state index < -0.39 is 10.8 Å². The third kappa shape index (κ3) is 4.34. The van der Waals surface area contributed by atoms with Crippen LogP contribution in [0.25, 0.3) is 5.69 Å². The molecule has 11 nitrogen and oxygen atoms in total. The van der Waals surface area contributed by atoms with Gasteiger partial charge in [-0.15, -0.1) is 5.10 Å². The second-order valence-corrected chi connectivity index (χ2v) is 6.78. The van der Waals surface area contributed by atoms with Crippen molar-refractivity contribution in [2.75, 3.05) is 26.5 Å². The van der Waals surface area contributed by atoms with Crippen molar-refractivity contribution in [2.45, 2.75) is 6.92 Å². The lowest BCUT2D eigenvalue weighted by atomic mass is 10.1. The fraction of sp³-hybridized carbons (Fsp3) is 0.200. The van der Waals surface area contributed by atoms with Crippen molar-refractivity contribution in [3.8, 4) is 11.4 Å². The number of aromatic nitrogens is 3. The van der Waals surface area contributed by atoms with E-state index in [1.165, 1.54) is 41.0 Å². The number of carbonyl (C=O) groups excluding carboxylic acids is 2. The highest BCUT2D eigenvalue weighted by atomic mass is 16.6. The lowest BCUT2D eigenvalue weighted by Crippen LogP contribution is -2.22. The third-order valence-electron chi connectivity index (χ3n) is 4.50.